The number of para-hydroxylation sites is 2. The fourth-order valence-corrected chi connectivity index (χ4v) is 3.78. The third kappa shape index (κ3) is 3.99. The molecule has 0 spiro atoms. The molecule has 1 aliphatic rings. The number of thioether (sulfide) groups is 1. The van der Waals surface area contributed by atoms with Gasteiger partial charge in [-0.15, -0.1) is 0 Å². The molecule has 1 aromatic carbocycles. The van der Waals surface area contributed by atoms with Crippen molar-refractivity contribution < 1.29 is 9.53 Å². The van der Waals surface area contributed by atoms with Crippen molar-refractivity contribution >= 4 is 28.9 Å². The van der Waals surface area contributed by atoms with Crippen LogP contribution >= 0.6 is 11.8 Å². The molecule has 0 unspecified atom stereocenters. The summed E-state index contributed by atoms with van der Waals surface area (Å²) in [5, 5.41) is 0.905. The number of ether oxygens (including phenoxy) is 1. The van der Waals surface area contributed by atoms with Gasteiger partial charge in [-0.3, -0.25) is 0 Å². The summed E-state index contributed by atoms with van der Waals surface area (Å²) in [6.45, 7) is 6.48. The van der Waals surface area contributed by atoms with Crippen molar-refractivity contribution in [2.45, 2.75) is 50.4 Å². The van der Waals surface area contributed by atoms with Gasteiger partial charge in [0.1, 0.15) is 5.60 Å². The summed E-state index contributed by atoms with van der Waals surface area (Å²) in [6, 6.07) is 8.21. The van der Waals surface area contributed by atoms with Gasteiger partial charge >= 0.3 is 6.09 Å². The number of amides is 1. The van der Waals surface area contributed by atoms with E-state index in [9.17, 15) is 4.79 Å². The maximum absolute atomic E-state index is 12.3. The second kappa shape index (κ2) is 6.43. The van der Waals surface area contributed by atoms with Crippen LogP contribution in [0.1, 0.15) is 33.6 Å². The van der Waals surface area contributed by atoms with Crippen molar-refractivity contribution in [2.75, 3.05) is 12.3 Å². The number of carbonyl (C=O) groups excluding carboxylic acids is 1. The Hall–Kier alpha value is -1.69. The fourth-order valence-electron chi connectivity index (χ4n) is 2.74. The number of nitrogens with one attached hydrogen (secondary N) is 1. The SMILES string of the molecule is CC(C)(C)OC(=O)N1CCC[C@@H]1CSc1nc2ccccc2[nH]1. The second-order valence-electron chi connectivity index (χ2n) is 6.84. The predicted octanol–water partition coefficient (Wildman–Crippen LogP) is 4.05. The van der Waals surface area contributed by atoms with Crippen LogP contribution < -0.4 is 0 Å². The van der Waals surface area contributed by atoms with Crippen LogP contribution in [0.3, 0.4) is 0 Å². The summed E-state index contributed by atoms with van der Waals surface area (Å²) in [7, 11) is 0. The number of hydrogen-bond acceptors (Lipinski definition) is 4. The Morgan fingerprint density at radius 2 is 2.22 bits per heavy atom. The van der Waals surface area contributed by atoms with Crippen molar-refractivity contribution in [1.29, 1.82) is 0 Å². The van der Waals surface area contributed by atoms with Gasteiger partial charge < -0.3 is 14.6 Å². The number of nitrogens with zero attached hydrogens (tertiary/aromatic N) is 2. The van der Waals surface area contributed by atoms with Crippen LogP contribution in [0.4, 0.5) is 4.79 Å². The van der Waals surface area contributed by atoms with E-state index in [2.05, 4.69) is 9.97 Å². The van der Waals surface area contributed by atoms with E-state index in [0.29, 0.717) is 0 Å². The van der Waals surface area contributed by atoms with Gasteiger partial charge in [0.05, 0.1) is 11.0 Å². The van der Waals surface area contributed by atoms with E-state index < -0.39 is 5.60 Å². The van der Waals surface area contributed by atoms with Crippen LogP contribution in [-0.2, 0) is 4.74 Å². The summed E-state index contributed by atoms with van der Waals surface area (Å²) in [4.78, 5) is 22.1. The molecule has 0 bridgehead atoms. The Morgan fingerprint density at radius 3 is 2.96 bits per heavy atom. The molecule has 0 radical (unpaired) electrons. The number of aromatic amines is 1. The maximum atomic E-state index is 12.3. The minimum atomic E-state index is -0.448. The van der Waals surface area contributed by atoms with E-state index >= 15 is 0 Å². The molecule has 1 atom stereocenters. The monoisotopic (exact) mass is 333 g/mol. The van der Waals surface area contributed by atoms with Gasteiger partial charge in [0, 0.05) is 18.3 Å². The second-order valence-corrected chi connectivity index (χ2v) is 7.85. The number of likely N-dealkylation sites (tertiary alicyclic amines) is 1. The van der Waals surface area contributed by atoms with Gasteiger partial charge in [-0.1, -0.05) is 23.9 Å². The van der Waals surface area contributed by atoms with Crippen LogP contribution in [0.2, 0.25) is 0 Å². The molecule has 2 heterocycles. The molecule has 1 N–H and O–H groups in total. The van der Waals surface area contributed by atoms with Crippen LogP contribution in [0, 0.1) is 0 Å². The smallest absolute Gasteiger partial charge is 0.410 e. The highest BCUT2D eigenvalue weighted by atomic mass is 32.2. The van der Waals surface area contributed by atoms with E-state index in [1.807, 2.05) is 49.9 Å². The van der Waals surface area contributed by atoms with Crippen LogP contribution in [0.5, 0.6) is 0 Å². The Kier molecular flexibility index (Phi) is 4.53. The quantitative estimate of drug-likeness (QED) is 0.861. The number of rotatable bonds is 3. The number of imidazole rings is 1. The maximum Gasteiger partial charge on any atom is 0.410 e. The molecule has 1 saturated heterocycles. The highest BCUT2D eigenvalue weighted by molar-refractivity contribution is 7.99. The lowest BCUT2D eigenvalue weighted by Crippen LogP contribution is -2.40. The first-order valence-electron chi connectivity index (χ1n) is 7.99. The molecule has 23 heavy (non-hydrogen) atoms. The van der Waals surface area contributed by atoms with Gasteiger partial charge in [0.2, 0.25) is 0 Å². The van der Waals surface area contributed by atoms with Gasteiger partial charge in [0.15, 0.2) is 5.16 Å². The van der Waals surface area contributed by atoms with Crippen LogP contribution in [-0.4, -0.2) is 44.9 Å². The number of hydrogen-bond donors (Lipinski definition) is 1. The Bertz CT molecular complexity index is 659. The summed E-state index contributed by atoms with van der Waals surface area (Å²) >= 11 is 1.67. The number of benzene rings is 1. The normalized spacial score (nSPS) is 18.6. The average molecular weight is 333 g/mol. The molecular formula is C17H23N3O2S. The van der Waals surface area contributed by atoms with Crippen molar-refractivity contribution in [3.63, 3.8) is 0 Å². The summed E-state index contributed by atoms with van der Waals surface area (Å²) < 4.78 is 5.51. The summed E-state index contributed by atoms with van der Waals surface area (Å²) in [6.07, 6.45) is 1.85. The topological polar surface area (TPSA) is 58.2 Å². The number of fused-ring (bicyclic) bond motifs is 1. The van der Waals surface area contributed by atoms with E-state index in [1.54, 1.807) is 11.8 Å². The molecule has 1 fully saturated rings. The zero-order valence-electron chi connectivity index (χ0n) is 13.8. The predicted molar refractivity (Wildman–Crippen MR) is 92.8 cm³/mol. The fraction of sp³-hybridized carbons (Fsp3) is 0.529. The minimum absolute atomic E-state index is 0.204. The van der Waals surface area contributed by atoms with Crippen molar-refractivity contribution in [2.24, 2.45) is 0 Å². The molecule has 1 aromatic heterocycles. The first-order chi connectivity index (χ1) is 10.9. The molecule has 124 valence electrons. The van der Waals surface area contributed by atoms with Gasteiger partial charge in [0.25, 0.3) is 0 Å². The molecule has 1 amide bonds. The number of H-pyrrole nitrogens is 1. The lowest BCUT2D eigenvalue weighted by Gasteiger charge is -2.28. The molecule has 0 aliphatic carbocycles. The summed E-state index contributed by atoms with van der Waals surface area (Å²) in [5.74, 6) is 0.832. The largest absolute Gasteiger partial charge is 0.444 e. The Labute approximate surface area is 140 Å². The van der Waals surface area contributed by atoms with Crippen LogP contribution in [0.25, 0.3) is 11.0 Å². The highest BCUT2D eigenvalue weighted by Gasteiger charge is 2.32. The zero-order valence-corrected chi connectivity index (χ0v) is 14.7. The highest BCUT2D eigenvalue weighted by Crippen LogP contribution is 2.27. The van der Waals surface area contributed by atoms with Gasteiger partial charge in [-0.2, -0.15) is 0 Å². The summed E-state index contributed by atoms with van der Waals surface area (Å²) in [5.41, 5.74) is 1.58. The van der Waals surface area contributed by atoms with Crippen molar-refractivity contribution in [3.05, 3.63) is 24.3 Å². The third-order valence-electron chi connectivity index (χ3n) is 3.79. The molecule has 3 rings (SSSR count). The van der Waals surface area contributed by atoms with E-state index in [4.69, 9.17) is 4.74 Å². The third-order valence-corrected chi connectivity index (χ3v) is 4.80. The first kappa shape index (κ1) is 16.2. The zero-order chi connectivity index (χ0) is 16.4. The van der Waals surface area contributed by atoms with Gasteiger partial charge in [-0.05, 0) is 45.7 Å². The van der Waals surface area contributed by atoms with E-state index in [1.165, 1.54) is 0 Å². The molecule has 0 saturated carbocycles. The number of aromatic nitrogens is 2. The Morgan fingerprint density at radius 1 is 1.43 bits per heavy atom. The Balaban J connectivity index is 1.61. The molecule has 6 heteroatoms. The average Bonchev–Trinajstić information content (AvgIpc) is 3.09. The molecule has 2 aromatic rings. The van der Waals surface area contributed by atoms with E-state index in [0.717, 1.165) is 41.3 Å². The molecule has 5 nitrogen and oxygen atoms in total. The lowest BCUT2D eigenvalue weighted by atomic mass is 10.2. The van der Waals surface area contributed by atoms with Gasteiger partial charge in [-0.25, -0.2) is 9.78 Å². The first-order valence-corrected chi connectivity index (χ1v) is 8.98. The van der Waals surface area contributed by atoms with Crippen molar-refractivity contribution in [1.82, 2.24) is 14.9 Å². The van der Waals surface area contributed by atoms with Crippen LogP contribution in [0.15, 0.2) is 29.4 Å². The minimum Gasteiger partial charge on any atom is -0.444 e. The standard InChI is InChI=1S/C17H23N3O2S/c1-17(2,3)22-16(21)20-10-6-7-12(20)11-23-15-18-13-8-4-5-9-14(13)19-15/h4-5,8-9,12H,6-7,10-11H2,1-3H3,(H,18,19)/t12-/m1/s1. The lowest BCUT2D eigenvalue weighted by molar-refractivity contribution is 0.0242. The van der Waals surface area contributed by atoms with Crippen molar-refractivity contribution in [3.8, 4) is 0 Å². The molecular weight excluding hydrogens is 310 g/mol. The molecule has 1 aliphatic heterocycles. The number of carbonyl (C=O) groups is 1. The van der Waals surface area contributed by atoms with E-state index in [-0.39, 0.29) is 12.1 Å².